The molecule has 1 heteroatoms. The molecule has 71 valence electrons. The van der Waals surface area contributed by atoms with Gasteiger partial charge in [-0.05, 0) is 24.8 Å². The van der Waals surface area contributed by atoms with Gasteiger partial charge in [0, 0.05) is 6.04 Å². The van der Waals surface area contributed by atoms with E-state index in [-0.39, 0.29) is 6.04 Å². The molecule has 0 aromatic heterocycles. The van der Waals surface area contributed by atoms with Crippen LogP contribution in [0.3, 0.4) is 0 Å². The molecule has 1 aromatic carbocycles. The maximum atomic E-state index is 6.01. The molecule has 0 spiro atoms. The maximum absolute atomic E-state index is 6.01. The summed E-state index contributed by atoms with van der Waals surface area (Å²) in [7, 11) is 0. The Bertz CT molecular complexity index is 248. The minimum absolute atomic E-state index is 0.132. The van der Waals surface area contributed by atoms with E-state index < -0.39 is 0 Å². The molecule has 13 heavy (non-hydrogen) atoms. The van der Waals surface area contributed by atoms with Crippen molar-refractivity contribution in [2.24, 2.45) is 11.7 Å². The lowest BCUT2D eigenvalue weighted by Gasteiger charge is -2.14. The van der Waals surface area contributed by atoms with E-state index in [0.29, 0.717) is 5.92 Å². The molecular formula is C12H18N. The smallest absolute Gasteiger partial charge is 0.0297 e. The molecule has 2 unspecified atom stereocenters. The summed E-state index contributed by atoms with van der Waals surface area (Å²) in [5, 5.41) is 0. The van der Waals surface area contributed by atoms with E-state index in [2.05, 4.69) is 45.0 Å². The van der Waals surface area contributed by atoms with Gasteiger partial charge < -0.3 is 5.73 Å². The van der Waals surface area contributed by atoms with Crippen molar-refractivity contribution < 1.29 is 0 Å². The molecule has 0 fully saturated rings. The second-order valence-electron chi connectivity index (χ2n) is 3.86. The molecule has 0 aliphatic heterocycles. The highest BCUT2D eigenvalue weighted by molar-refractivity contribution is 5.23. The minimum Gasteiger partial charge on any atom is -0.324 e. The average Bonchev–Trinajstić information content (AvgIpc) is 2.04. The van der Waals surface area contributed by atoms with Gasteiger partial charge in [0.2, 0.25) is 0 Å². The van der Waals surface area contributed by atoms with Crippen LogP contribution in [0.15, 0.2) is 24.3 Å². The van der Waals surface area contributed by atoms with Crippen molar-refractivity contribution in [3.8, 4) is 0 Å². The van der Waals surface area contributed by atoms with E-state index in [0.717, 1.165) is 6.42 Å². The standard InChI is InChI=1S/C12H18N/c1-9(2)8-12(13)11-6-4-10(3)5-7-11/h4-7,9,12H,1,8,13H2,2-3H3. The van der Waals surface area contributed by atoms with Crippen molar-refractivity contribution in [2.45, 2.75) is 26.3 Å². The summed E-state index contributed by atoms with van der Waals surface area (Å²) in [6.45, 7) is 8.12. The predicted octanol–water partition coefficient (Wildman–Crippen LogP) is 2.86. The summed E-state index contributed by atoms with van der Waals surface area (Å²) < 4.78 is 0. The normalized spacial score (nSPS) is 13.3. The second-order valence-corrected chi connectivity index (χ2v) is 3.86. The van der Waals surface area contributed by atoms with Crippen LogP contribution in [-0.4, -0.2) is 0 Å². The first kappa shape index (κ1) is 10.3. The van der Waals surface area contributed by atoms with Crippen LogP contribution in [-0.2, 0) is 0 Å². The van der Waals surface area contributed by atoms with Gasteiger partial charge in [-0.15, -0.1) is 0 Å². The van der Waals surface area contributed by atoms with Crippen LogP contribution in [0.2, 0.25) is 0 Å². The van der Waals surface area contributed by atoms with E-state index in [4.69, 9.17) is 5.73 Å². The van der Waals surface area contributed by atoms with Crippen LogP contribution in [0.4, 0.5) is 0 Å². The third-order valence-electron chi connectivity index (χ3n) is 2.16. The van der Waals surface area contributed by atoms with Crippen LogP contribution in [0.5, 0.6) is 0 Å². The van der Waals surface area contributed by atoms with Gasteiger partial charge in [-0.1, -0.05) is 43.7 Å². The van der Waals surface area contributed by atoms with Crippen molar-refractivity contribution in [2.75, 3.05) is 0 Å². The van der Waals surface area contributed by atoms with Crippen molar-refractivity contribution in [1.82, 2.24) is 0 Å². The van der Waals surface area contributed by atoms with Crippen molar-refractivity contribution in [3.63, 3.8) is 0 Å². The van der Waals surface area contributed by atoms with Crippen LogP contribution in [0, 0.1) is 19.8 Å². The highest BCUT2D eigenvalue weighted by Gasteiger charge is 2.07. The molecule has 0 heterocycles. The van der Waals surface area contributed by atoms with Crippen LogP contribution in [0.1, 0.15) is 30.5 Å². The van der Waals surface area contributed by atoms with Crippen LogP contribution in [0.25, 0.3) is 0 Å². The lowest BCUT2D eigenvalue weighted by atomic mass is 9.97. The topological polar surface area (TPSA) is 26.0 Å². The Labute approximate surface area is 81.0 Å². The molecule has 0 bridgehead atoms. The zero-order valence-corrected chi connectivity index (χ0v) is 8.46. The van der Waals surface area contributed by atoms with E-state index in [1.54, 1.807) is 0 Å². The van der Waals surface area contributed by atoms with Gasteiger partial charge in [-0.2, -0.15) is 0 Å². The summed E-state index contributed by atoms with van der Waals surface area (Å²) in [5.74, 6) is 0.413. The Morgan fingerprint density at radius 3 is 2.31 bits per heavy atom. The highest BCUT2D eigenvalue weighted by atomic mass is 14.6. The molecular weight excluding hydrogens is 158 g/mol. The number of rotatable bonds is 3. The van der Waals surface area contributed by atoms with Crippen molar-refractivity contribution in [3.05, 3.63) is 42.3 Å². The fourth-order valence-corrected chi connectivity index (χ4v) is 1.38. The molecule has 0 saturated carbocycles. The molecule has 1 rings (SSSR count). The number of hydrogen-bond acceptors (Lipinski definition) is 1. The zero-order valence-electron chi connectivity index (χ0n) is 8.46. The van der Waals surface area contributed by atoms with Gasteiger partial charge >= 0.3 is 0 Å². The maximum Gasteiger partial charge on any atom is 0.0297 e. The van der Waals surface area contributed by atoms with Gasteiger partial charge in [0.1, 0.15) is 0 Å². The summed E-state index contributed by atoms with van der Waals surface area (Å²) in [4.78, 5) is 0. The number of hydrogen-bond donors (Lipinski definition) is 1. The third-order valence-corrected chi connectivity index (χ3v) is 2.16. The molecule has 2 N–H and O–H groups in total. The monoisotopic (exact) mass is 176 g/mol. The van der Waals surface area contributed by atoms with E-state index in [1.165, 1.54) is 11.1 Å². The Hall–Kier alpha value is -0.820. The van der Waals surface area contributed by atoms with E-state index in [9.17, 15) is 0 Å². The minimum atomic E-state index is 0.132. The summed E-state index contributed by atoms with van der Waals surface area (Å²) in [6, 6.07) is 8.53. The Morgan fingerprint density at radius 2 is 1.85 bits per heavy atom. The van der Waals surface area contributed by atoms with Crippen LogP contribution < -0.4 is 5.73 Å². The van der Waals surface area contributed by atoms with Crippen molar-refractivity contribution >= 4 is 0 Å². The fourth-order valence-electron chi connectivity index (χ4n) is 1.38. The van der Waals surface area contributed by atoms with E-state index >= 15 is 0 Å². The van der Waals surface area contributed by atoms with E-state index in [1.807, 2.05) is 0 Å². The number of nitrogens with two attached hydrogens (primary N) is 1. The molecule has 0 saturated heterocycles. The zero-order chi connectivity index (χ0) is 9.84. The summed E-state index contributed by atoms with van der Waals surface area (Å²) in [6.07, 6.45) is 0.947. The Balaban J connectivity index is 2.66. The SMILES string of the molecule is [CH2]C(C)CC(N)c1ccc(C)cc1. The molecule has 0 amide bonds. The third kappa shape index (κ3) is 3.19. The first-order valence-electron chi connectivity index (χ1n) is 4.75. The first-order valence-corrected chi connectivity index (χ1v) is 4.75. The molecule has 1 nitrogen and oxygen atoms in total. The van der Waals surface area contributed by atoms with Crippen molar-refractivity contribution in [1.29, 1.82) is 0 Å². The quantitative estimate of drug-likeness (QED) is 0.753. The van der Waals surface area contributed by atoms with Crippen LogP contribution >= 0.6 is 0 Å². The van der Waals surface area contributed by atoms with Gasteiger partial charge in [0.15, 0.2) is 0 Å². The Kier molecular flexibility index (Phi) is 3.49. The number of benzene rings is 1. The highest BCUT2D eigenvalue weighted by Crippen LogP contribution is 2.18. The molecule has 1 radical (unpaired) electrons. The lowest BCUT2D eigenvalue weighted by molar-refractivity contribution is 0.548. The summed E-state index contributed by atoms with van der Waals surface area (Å²) in [5.41, 5.74) is 8.49. The lowest BCUT2D eigenvalue weighted by Crippen LogP contribution is -2.12. The molecule has 0 aliphatic rings. The second kappa shape index (κ2) is 4.43. The Morgan fingerprint density at radius 1 is 1.31 bits per heavy atom. The van der Waals surface area contributed by atoms with Gasteiger partial charge in [0.05, 0.1) is 0 Å². The van der Waals surface area contributed by atoms with Gasteiger partial charge in [-0.3, -0.25) is 0 Å². The molecule has 0 aliphatic carbocycles. The molecule has 1 aromatic rings. The summed E-state index contributed by atoms with van der Waals surface area (Å²) >= 11 is 0. The van der Waals surface area contributed by atoms with Gasteiger partial charge in [0.25, 0.3) is 0 Å². The fraction of sp³-hybridized carbons (Fsp3) is 0.417. The predicted molar refractivity (Wildman–Crippen MR) is 57.2 cm³/mol. The largest absolute Gasteiger partial charge is 0.324 e. The first-order chi connectivity index (χ1) is 6.09. The average molecular weight is 176 g/mol. The number of aryl methyl sites for hydroxylation is 1. The van der Waals surface area contributed by atoms with Gasteiger partial charge in [-0.25, -0.2) is 0 Å². The molecule has 2 atom stereocenters.